The predicted octanol–water partition coefficient (Wildman–Crippen LogP) is 2.02. The van der Waals surface area contributed by atoms with E-state index in [0.29, 0.717) is 18.8 Å². The van der Waals surface area contributed by atoms with Crippen molar-refractivity contribution in [1.82, 2.24) is 13.9 Å². The number of nitrogens with one attached hydrogen (secondary N) is 2. The van der Waals surface area contributed by atoms with Crippen molar-refractivity contribution in [2.45, 2.75) is 25.3 Å². The van der Waals surface area contributed by atoms with Crippen molar-refractivity contribution in [1.29, 1.82) is 0 Å². The predicted molar refractivity (Wildman–Crippen MR) is 127 cm³/mol. The first-order valence-corrected chi connectivity index (χ1v) is 11.8. The fourth-order valence-electron chi connectivity index (χ4n) is 3.44. The molecule has 0 bridgehead atoms. The highest BCUT2D eigenvalue weighted by Crippen LogP contribution is 2.27. The molecule has 1 amide bonds. The molecule has 0 saturated heterocycles. The first-order chi connectivity index (χ1) is 16.1. The van der Waals surface area contributed by atoms with E-state index in [9.17, 15) is 28.1 Å². The third kappa shape index (κ3) is 4.89. The van der Waals surface area contributed by atoms with Crippen LogP contribution in [-0.2, 0) is 21.4 Å². The molecule has 2 aromatic carbocycles. The first-order valence-electron chi connectivity index (χ1n) is 10.4. The monoisotopic (exact) mass is 488 g/mol. The van der Waals surface area contributed by atoms with Gasteiger partial charge in [0.1, 0.15) is 12.2 Å². The van der Waals surface area contributed by atoms with E-state index in [4.69, 9.17) is 0 Å². The molecule has 1 heterocycles. The summed E-state index contributed by atoms with van der Waals surface area (Å²) in [4.78, 5) is 40.2. The van der Waals surface area contributed by atoms with Crippen LogP contribution < -0.4 is 16.2 Å². The van der Waals surface area contributed by atoms with E-state index in [1.807, 2.05) is 0 Å². The molecular formula is C21H24N6O6S. The van der Waals surface area contributed by atoms with E-state index in [0.717, 1.165) is 10.6 Å². The lowest BCUT2D eigenvalue weighted by atomic mass is 10.2. The fraction of sp³-hybridized carbons (Fsp3) is 0.286. The van der Waals surface area contributed by atoms with Gasteiger partial charge in [-0.1, -0.05) is 13.8 Å². The molecule has 3 rings (SSSR count). The Morgan fingerprint density at radius 1 is 1.18 bits per heavy atom. The number of nitro groups is 1. The quantitative estimate of drug-likeness (QED) is 0.342. The van der Waals surface area contributed by atoms with Crippen LogP contribution in [0.2, 0.25) is 0 Å². The second-order valence-corrected chi connectivity index (χ2v) is 9.17. The van der Waals surface area contributed by atoms with Gasteiger partial charge in [0, 0.05) is 31.9 Å². The maximum absolute atomic E-state index is 12.8. The van der Waals surface area contributed by atoms with Crippen LogP contribution in [0.5, 0.6) is 0 Å². The molecule has 0 aliphatic heterocycles. The zero-order valence-electron chi connectivity index (χ0n) is 18.8. The SMILES string of the molecule is CCN(CC)S(=O)(=O)c1ccc(NC(=O)Cn2cnc3cc(NC)c([N+](=O)[O-])cc3c2=O)cc1. The summed E-state index contributed by atoms with van der Waals surface area (Å²) < 4.78 is 27.5. The second-order valence-electron chi connectivity index (χ2n) is 7.23. The number of nitrogens with zero attached hydrogens (tertiary/aromatic N) is 4. The van der Waals surface area contributed by atoms with E-state index in [-0.39, 0.29) is 33.7 Å². The first kappa shape index (κ1) is 24.8. The second kappa shape index (κ2) is 9.97. The summed E-state index contributed by atoms with van der Waals surface area (Å²) in [5.41, 5.74) is -0.0741. The van der Waals surface area contributed by atoms with E-state index < -0.39 is 26.4 Å². The van der Waals surface area contributed by atoms with Crippen molar-refractivity contribution in [3.8, 4) is 0 Å². The van der Waals surface area contributed by atoms with Gasteiger partial charge in [-0.3, -0.25) is 24.3 Å². The number of fused-ring (bicyclic) bond motifs is 1. The highest BCUT2D eigenvalue weighted by molar-refractivity contribution is 7.89. The van der Waals surface area contributed by atoms with Gasteiger partial charge >= 0.3 is 0 Å². The molecule has 0 spiro atoms. The number of anilines is 2. The van der Waals surface area contributed by atoms with E-state index in [1.165, 1.54) is 48.0 Å². The molecule has 12 nitrogen and oxygen atoms in total. The third-order valence-corrected chi connectivity index (χ3v) is 7.27. The van der Waals surface area contributed by atoms with Gasteiger partial charge in [-0.2, -0.15) is 4.31 Å². The number of hydrogen-bond acceptors (Lipinski definition) is 8. The number of nitro benzene ring substituents is 1. The summed E-state index contributed by atoms with van der Waals surface area (Å²) in [5.74, 6) is -0.552. The van der Waals surface area contributed by atoms with E-state index >= 15 is 0 Å². The lowest BCUT2D eigenvalue weighted by Gasteiger charge is -2.18. The molecular weight excluding hydrogens is 464 g/mol. The van der Waals surface area contributed by atoms with E-state index in [2.05, 4.69) is 15.6 Å². The van der Waals surface area contributed by atoms with Crippen molar-refractivity contribution < 1.29 is 18.1 Å². The lowest BCUT2D eigenvalue weighted by molar-refractivity contribution is -0.383. The standard InChI is InChI=1S/C21H24N6O6S/c1-4-26(5-2)34(32,33)15-8-6-14(7-9-15)24-20(28)12-25-13-23-17-11-18(22-3)19(27(30)31)10-16(17)21(25)29/h6-11,13,22H,4-5,12H2,1-3H3,(H,24,28). The van der Waals surface area contributed by atoms with Crippen LogP contribution in [-0.4, -0.2) is 53.2 Å². The fourth-order valence-corrected chi connectivity index (χ4v) is 4.89. The molecule has 0 aliphatic rings. The van der Waals surface area contributed by atoms with Crippen LogP contribution in [0.4, 0.5) is 17.1 Å². The number of carbonyl (C=O) groups is 1. The summed E-state index contributed by atoms with van der Waals surface area (Å²) in [5, 5.41) is 16.6. The Morgan fingerprint density at radius 2 is 1.82 bits per heavy atom. The van der Waals surface area contributed by atoms with Gasteiger partial charge in [0.25, 0.3) is 11.2 Å². The molecule has 0 radical (unpaired) electrons. The van der Waals surface area contributed by atoms with Gasteiger partial charge in [-0.05, 0) is 30.3 Å². The third-order valence-electron chi connectivity index (χ3n) is 5.20. The summed E-state index contributed by atoms with van der Waals surface area (Å²) in [6.07, 6.45) is 1.19. The molecule has 0 unspecified atom stereocenters. The molecule has 34 heavy (non-hydrogen) atoms. The van der Waals surface area contributed by atoms with Crippen molar-refractivity contribution in [3.05, 3.63) is 63.2 Å². The van der Waals surface area contributed by atoms with Crippen molar-refractivity contribution in [3.63, 3.8) is 0 Å². The van der Waals surface area contributed by atoms with Crippen LogP contribution in [0.15, 0.2) is 52.4 Å². The Bertz CT molecular complexity index is 1400. The largest absolute Gasteiger partial charge is 0.383 e. The number of carbonyl (C=O) groups excluding carboxylic acids is 1. The van der Waals surface area contributed by atoms with Crippen molar-refractivity contribution >= 4 is 43.9 Å². The summed E-state index contributed by atoms with van der Waals surface area (Å²) in [7, 11) is -2.10. The number of hydrogen-bond donors (Lipinski definition) is 2. The Labute approximate surface area is 195 Å². The molecule has 180 valence electrons. The molecule has 0 saturated carbocycles. The Morgan fingerprint density at radius 3 is 2.38 bits per heavy atom. The Hall–Kier alpha value is -3.84. The van der Waals surface area contributed by atoms with Gasteiger partial charge in [-0.15, -0.1) is 0 Å². The minimum absolute atomic E-state index is 0.00645. The van der Waals surface area contributed by atoms with Crippen LogP contribution >= 0.6 is 0 Å². The average molecular weight is 489 g/mol. The highest BCUT2D eigenvalue weighted by Gasteiger charge is 2.21. The highest BCUT2D eigenvalue weighted by atomic mass is 32.2. The zero-order valence-corrected chi connectivity index (χ0v) is 19.6. The zero-order chi connectivity index (χ0) is 25.0. The van der Waals surface area contributed by atoms with Gasteiger partial charge < -0.3 is 10.6 Å². The topological polar surface area (TPSA) is 157 Å². The van der Waals surface area contributed by atoms with Gasteiger partial charge in [-0.25, -0.2) is 13.4 Å². The van der Waals surface area contributed by atoms with Crippen LogP contribution in [0.25, 0.3) is 10.9 Å². The summed E-state index contributed by atoms with van der Waals surface area (Å²) >= 11 is 0. The van der Waals surface area contributed by atoms with Crippen LogP contribution in [0.1, 0.15) is 13.8 Å². The maximum Gasteiger partial charge on any atom is 0.293 e. The minimum atomic E-state index is -3.62. The number of benzene rings is 2. The van der Waals surface area contributed by atoms with Gasteiger partial charge in [0.2, 0.25) is 15.9 Å². The minimum Gasteiger partial charge on any atom is -0.383 e. The molecule has 0 atom stereocenters. The summed E-state index contributed by atoms with van der Waals surface area (Å²) in [6.45, 7) is 3.79. The smallest absolute Gasteiger partial charge is 0.293 e. The molecule has 1 aromatic heterocycles. The molecule has 0 fully saturated rings. The number of rotatable bonds is 9. The lowest BCUT2D eigenvalue weighted by Crippen LogP contribution is -2.30. The molecule has 3 aromatic rings. The Kier molecular flexibility index (Phi) is 7.27. The molecule has 13 heteroatoms. The van der Waals surface area contributed by atoms with Gasteiger partial charge in [0.15, 0.2) is 0 Å². The average Bonchev–Trinajstić information content (AvgIpc) is 2.81. The Balaban J connectivity index is 1.81. The molecule has 0 aliphatic carbocycles. The summed E-state index contributed by atoms with van der Waals surface area (Å²) in [6, 6.07) is 8.22. The normalized spacial score (nSPS) is 11.5. The van der Waals surface area contributed by atoms with Crippen molar-refractivity contribution in [2.75, 3.05) is 30.8 Å². The van der Waals surface area contributed by atoms with E-state index in [1.54, 1.807) is 13.8 Å². The number of sulfonamides is 1. The van der Waals surface area contributed by atoms with Crippen molar-refractivity contribution in [2.24, 2.45) is 0 Å². The van der Waals surface area contributed by atoms with Crippen LogP contribution in [0.3, 0.4) is 0 Å². The molecule has 2 N–H and O–H groups in total. The maximum atomic E-state index is 12.8. The van der Waals surface area contributed by atoms with Crippen LogP contribution in [0, 0.1) is 10.1 Å². The number of aromatic nitrogens is 2. The van der Waals surface area contributed by atoms with Gasteiger partial charge in [0.05, 0.1) is 27.0 Å². The number of amides is 1.